The lowest BCUT2D eigenvalue weighted by Crippen LogP contribution is -2.30. The topological polar surface area (TPSA) is 76.9 Å². The van der Waals surface area contributed by atoms with E-state index in [4.69, 9.17) is 0 Å². The van der Waals surface area contributed by atoms with Gasteiger partial charge in [0.2, 0.25) is 10.0 Å². The van der Waals surface area contributed by atoms with E-state index in [1.165, 1.54) is 6.33 Å². The van der Waals surface area contributed by atoms with Crippen LogP contribution in [0, 0.1) is 0 Å². The summed E-state index contributed by atoms with van der Waals surface area (Å²) in [4.78, 5) is 3.84. The van der Waals surface area contributed by atoms with Crippen LogP contribution in [0.1, 0.15) is 11.6 Å². The van der Waals surface area contributed by atoms with Gasteiger partial charge in [0.05, 0.1) is 18.8 Å². The van der Waals surface area contributed by atoms with Crippen molar-refractivity contribution >= 4 is 10.0 Å². The van der Waals surface area contributed by atoms with Crippen molar-refractivity contribution < 1.29 is 8.42 Å². The summed E-state index contributed by atoms with van der Waals surface area (Å²) in [6, 6.07) is 9.01. The number of nitrogens with one attached hydrogen (secondary N) is 1. The fourth-order valence-electron chi connectivity index (χ4n) is 1.67. The highest BCUT2D eigenvalue weighted by Crippen LogP contribution is 2.15. The Morgan fingerprint density at radius 1 is 1.33 bits per heavy atom. The summed E-state index contributed by atoms with van der Waals surface area (Å²) in [6.07, 6.45) is 4.12. The number of aromatic nitrogens is 3. The smallest absolute Gasteiger partial charge is 0.209 e. The minimum atomic E-state index is -3.29. The van der Waals surface area contributed by atoms with Gasteiger partial charge in [-0.25, -0.2) is 18.1 Å². The van der Waals surface area contributed by atoms with Crippen molar-refractivity contribution in [3.05, 3.63) is 48.5 Å². The Hall–Kier alpha value is -1.73. The molecule has 0 aliphatic heterocycles. The van der Waals surface area contributed by atoms with Crippen molar-refractivity contribution in [2.24, 2.45) is 0 Å². The predicted octanol–water partition coefficient (Wildman–Crippen LogP) is 0.569. The Kier molecular flexibility index (Phi) is 3.73. The molecule has 1 unspecified atom stereocenters. The van der Waals surface area contributed by atoms with E-state index in [1.807, 2.05) is 30.3 Å². The lowest BCUT2D eigenvalue weighted by Gasteiger charge is -2.17. The fraction of sp³-hybridized carbons (Fsp3) is 0.273. The van der Waals surface area contributed by atoms with Gasteiger partial charge in [-0.3, -0.25) is 4.68 Å². The van der Waals surface area contributed by atoms with Gasteiger partial charge in [0, 0.05) is 0 Å². The molecule has 96 valence electrons. The van der Waals surface area contributed by atoms with E-state index in [0.29, 0.717) is 6.54 Å². The lowest BCUT2D eigenvalue weighted by atomic mass is 10.1. The zero-order valence-electron chi connectivity index (χ0n) is 9.89. The quantitative estimate of drug-likeness (QED) is 0.858. The molecular weight excluding hydrogens is 252 g/mol. The van der Waals surface area contributed by atoms with Crippen LogP contribution < -0.4 is 4.72 Å². The first-order chi connectivity index (χ1) is 8.54. The van der Waals surface area contributed by atoms with E-state index >= 15 is 0 Å². The van der Waals surface area contributed by atoms with Gasteiger partial charge in [-0.05, 0) is 5.56 Å². The molecule has 1 aromatic heterocycles. The molecule has 0 fully saturated rings. The van der Waals surface area contributed by atoms with E-state index in [-0.39, 0.29) is 6.04 Å². The fourth-order valence-corrected chi connectivity index (χ4v) is 2.40. The average Bonchev–Trinajstić information content (AvgIpc) is 2.80. The Morgan fingerprint density at radius 2 is 2.06 bits per heavy atom. The summed E-state index contributed by atoms with van der Waals surface area (Å²) in [5, 5.41) is 3.98. The van der Waals surface area contributed by atoms with Gasteiger partial charge >= 0.3 is 0 Å². The van der Waals surface area contributed by atoms with Gasteiger partial charge in [0.1, 0.15) is 12.7 Å². The van der Waals surface area contributed by atoms with Crippen LogP contribution in [0.2, 0.25) is 0 Å². The maximum atomic E-state index is 11.4. The molecule has 1 atom stereocenters. The molecular formula is C11H14N4O2S. The largest absolute Gasteiger partial charge is 0.251 e. The zero-order chi connectivity index (χ0) is 13.0. The summed E-state index contributed by atoms with van der Waals surface area (Å²) in [5.41, 5.74) is 0.887. The lowest BCUT2D eigenvalue weighted by molar-refractivity contribution is 0.484. The van der Waals surface area contributed by atoms with Crippen molar-refractivity contribution in [1.29, 1.82) is 0 Å². The molecule has 0 saturated carbocycles. The van der Waals surface area contributed by atoms with E-state index in [1.54, 1.807) is 11.0 Å². The molecule has 0 amide bonds. The molecule has 0 bridgehead atoms. The number of hydrogen-bond donors (Lipinski definition) is 1. The molecule has 0 saturated heterocycles. The van der Waals surface area contributed by atoms with Crippen LogP contribution in [0.5, 0.6) is 0 Å². The van der Waals surface area contributed by atoms with Crippen molar-refractivity contribution in [2.75, 3.05) is 6.26 Å². The van der Waals surface area contributed by atoms with Crippen LogP contribution in [0.25, 0.3) is 0 Å². The van der Waals surface area contributed by atoms with Crippen molar-refractivity contribution in [3.8, 4) is 0 Å². The Balaban J connectivity index is 2.23. The number of rotatable bonds is 5. The van der Waals surface area contributed by atoms with Crippen LogP contribution in [0.15, 0.2) is 43.0 Å². The van der Waals surface area contributed by atoms with Gasteiger partial charge in [-0.1, -0.05) is 30.3 Å². The normalized spacial score (nSPS) is 13.4. The molecule has 6 nitrogen and oxygen atoms in total. The minimum Gasteiger partial charge on any atom is -0.251 e. The monoisotopic (exact) mass is 266 g/mol. The third-order valence-corrected chi connectivity index (χ3v) is 3.11. The first kappa shape index (κ1) is 12.7. The number of nitrogens with zero attached hydrogens (tertiary/aromatic N) is 3. The first-order valence-electron chi connectivity index (χ1n) is 5.39. The number of benzene rings is 1. The highest BCUT2D eigenvalue weighted by Gasteiger charge is 2.16. The maximum Gasteiger partial charge on any atom is 0.209 e. The van der Waals surface area contributed by atoms with Gasteiger partial charge < -0.3 is 0 Å². The zero-order valence-corrected chi connectivity index (χ0v) is 10.7. The third kappa shape index (κ3) is 3.64. The van der Waals surface area contributed by atoms with Crippen LogP contribution in [0.4, 0.5) is 0 Å². The molecule has 0 radical (unpaired) electrons. The van der Waals surface area contributed by atoms with Crippen LogP contribution >= 0.6 is 0 Å². The van der Waals surface area contributed by atoms with Gasteiger partial charge in [-0.15, -0.1) is 0 Å². The second-order valence-electron chi connectivity index (χ2n) is 3.97. The first-order valence-corrected chi connectivity index (χ1v) is 7.28. The maximum absolute atomic E-state index is 11.4. The Morgan fingerprint density at radius 3 is 2.61 bits per heavy atom. The molecule has 0 spiro atoms. The molecule has 1 heterocycles. The second kappa shape index (κ2) is 5.28. The highest BCUT2D eigenvalue weighted by atomic mass is 32.2. The van der Waals surface area contributed by atoms with E-state index in [9.17, 15) is 8.42 Å². The van der Waals surface area contributed by atoms with Crippen LogP contribution in [-0.2, 0) is 16.6 Å². The molecule has 18 heavy (non-hydrogen) atoms. The molecule has 1 N–H and O–H groups in total. The average molecular weight is 266 g/mol. The van der Waals surface area contributed by atoms with E-state index in [2.05, 4.69) is 14.8 Å². The second-order valence-corrected chi connectivity index (χ2v) is 5.75. The molecule has 2 rings (SSSR count). The standard InChI is InChI=1S/C11H14N4O2S/c1-18(16,17)14-11(7-15-9-12-8-13-15)10-5-3-2-4-6-10/h2-6,8-9,11,14H,7H2,1H3. The van der Waals surface area contributed by atoms with Gasteiger partial charge in [0.25, 0.3) is 0 Å². The number of hydrogen-bond acceptors (Lipinski definition) is 4. The van der Waals surface area contributed by atoms with Crippen LogP contribution in [0.3, 0.4) is 0 Å². The Labute approximate surface area is 106 Å². The minimum absolute atomic E-state index is 0.358. The number of sulfonamides is 1. The molecule has 2 aromatic rings. The summed E-state index contributed by atoms with van der Waals surface area (Å²) in [5.74, 6) is 0. The van der Waals surface area contributed by atoms with Gasteiger partial charge in [0.15, 0.2) is 0 Å². The van der Waals surface area contributed by atoms with Crippen molar-refractivity contribution in [1.82, 2.24) is 19.5 Å². The highest BCUT2D eigenvalue weighted by molar-refractivity contribution is 7.88. The van der Waals surface area contributed by atoms with Crippen LogP contribution in [-0.4, -0.2) is 29.4 Å². The SMILES string of the molecule is CS(=O)(=O)NC(Cn1cncn1)c1ccccc1. The Bertz CT molecular complexity index is 581. The molecule has 7 heteroatoms. The molecule has 0 aliphatic rings. The summed E-state index contributed by atoms with van der Waals surface area (Å²) < 4.78 is 27.0. The van der Waals surface area contributed by atoms with Gasteiger partial charge in [-0.2, -0.15) is 5.10 Å². The van der Waals surface area contributed by atoms with E-state index in [0.717, 1.165) is 11.8 Å². The molecule has 0 aliphatic carbocycles. The third-order valence-electron chi connectivity index (χ3n) is 2.39. The van der Waals surface area contributed by atoms with E-state index < -0.39 is 10.0 Å². The van der Waals surface area contributed by atoms with Crippen molar-refractivity contribution in [3.63, 3.8) is 0 Å². The van der Waals surface area contributed by atoms with Crippen molar-refractivity contribution in [2.45, 2.75) is 12.6 Å². The summed E-state index contributed by atoms with van der Waals surface area (Å²) >= 11 is 0. The summed E-state index contributed by atoms with van der Waals surface area (Å²) in [7, 11) is -3.29. The predicted molar refractivity (Wildman–Crippen MR) is 67.2 cm³/mol. The molecule has 1 aromatic carbocycles. The summed E-state index contributed by atoms with van der Waals surface area (Å²) in [6.45, 7) is 0.400.